The number of ketones is 2. The van der Waals surface area contributed by atoms with Crippen LogP contribution in [0.3, 0.4) is 0 Å². The molecule has 1 atom stereocenters. The summed E-state index contributed by atoms with van der Waals surface area (Å²) >= 11 is 0. The maximum absolute atomic E-state index is 13.6. The van der Waals surface area contributed by atoms with Crippen LogP contribution in [0.1, 0.15) is 106 Å². The Bertz CT molecular complexity index is 1020. The van der Waals surface area contributed by atoms with Gasteiger partial charge < -0.3 is 21.1 Å². The third kappa shape index (κ3) is 8.02. The number of fused-ring (bicyclic) bond motifs is 2. The quantitative estimate of drug-likeness (QED) is 0.208. The van der Waals surface area contributed by atoms with Crippen molar-refractivity contribution in [2.45, 2.75) is 97.1 Å². The highest BCUT2D eigenvalue weighted by atomic mass is 16.3. The predicted octanol–water partition coefficient (Wildman–Crippen LogP) is 6.28. The number of Topliss-reactive ketones (excluding diaryl/α,β-unsaturated/α-hetero) is 2. The van der Waals surface area contributed by atoms with Crippen molar-refractivity contribution in [3.63, 3.8) is 0 Å². The largest absolute Gasteiger partial charge is 0.390 e. The number of aliphatic hydroxyl groups is 1. The third-order valence-corrected chi connectivity index (χ3v) is 7.37. The van der Waals surface area contributed by atoms with E-state index in [0.29, 0.717) is 34.2 Å². The standard InChI is InChI=1S/C31H47N3O3/c1-21(2)11-9-19-33-25-16-17-26(34-20-10-13-22(32-5)12-8-18-31(3,4)37)28-27(25)29(35)23-14-6-7-15-24(23)30(28)36/h14-17,21-22,32-34,37H,6-13,18-20H2,1-5H3. The van der Waals surface area contributed by atoms with Crippen LogP contribution in [0.25, 0.3) is 0 Å². The van der Waals surface area contributed by atoms with E-state index in [9.17, 15) is 14.7 Å². The topological polar surface area (TPSA) is 90.5 Å². The minimum absolute atomic E-state index is 0.0439. The molecule has 204 valence electrons. The first kappa shape index (κ1) is 29.1. The first-order chi connectivity index (χ1) is 17.6. The van der Waals surface area contributed by atoms with E-state index >= 15 is 0 Å². The molecule has 0 saturated heterocycles. The lowest BCUT2D eigenvalue weighted by molar-refractivity contribution is 0.0673. The van der Waals surface area contributed by atoms with Crippen LogP contribution in [0.2, 0.25) is 0 Å². The number of anilines is 2. The average Bonchev–Trinajstić information content (AvgIpc) is 2.85. The van der Waals surface area contributed by atoms with Crippen LogP contribution in [0.5, 0.6) is 0 Å². The third-order valence-electron chi connectivity index (χ3n) is 7.37. The van der Waals surface area contributed by atoms with Gasteiger partial charge in [-0.2, -0.15) is 0 Å². The first-order valence-corrected chi connectivity index (χ1v) is 14.2. The molecule has 2 aliphatic rings. The monoisotopic (exact) mass is 509 g/mol. The van der Waals surface area contributed by atoms with E-state index in [1.807, 2.05) is 45.2 Å². The normalized spacial score (nSPS) is 16.2. The molecule has 1 unspecified atom stereocenters. The second-order valence-electron chi connectivity index (χ2n) is 11.6. The zero-order valence-electron chi connectivity index (χ0n) is 23.5. The van der Waals surface area contributed by atoms with E-state index in [1.165, 1.54) is 0 Å². The highest BCUT2D eigenvalue weighted by Gasteiger charge is 2.36. The van der Waals surface area contributed by atoms with Crippen LogP contribution < -0.4 is 16.0 Å². The molecular formula is C31H47N3O3. The van der Waals surface area contributed by atoms with Gasteiger partial charge in [-0.15, -0.1) is 0 Å². The fraction of sp³-hybridized carbons (Fsp3) is 0.613. The van der Waals surface area contributed by atoms with E-state index in [2.05, 4.69) is 29.8 Å². The number of carbonyl (C=O) groups is 2. The molecule has 4 N–H and O–H groups in total. The Labute approximate surface area is 223 Å². The Hall–Kier alpha value is -2.44. The van der Waals surface area contributed by atoms with Crippen molar-refractivity contribution in [1.82, 2.24) is 5.32 Å². The van der Waals surface area contributed by atoms with Crippen molar-refractivity contribution in [3.8, 4) is 0 Å². The lowest BCUT2D eigenvalue weighted by Gasteiger charge is -2.27. The molecule has 37 heavy (non-hydrogen) atoms. The Balaban J connectivity index is 1.72. The predicted molar refractivity (Wildman–Crippen MR) is 154 cm³/mol. The summed E-state index contributed by atoms with van der Waals surface area (Å²) in [5.74, 6) is 0.542. The maximum atomic E-state index is 13.6. The fourth-order valence-electron chi connectivity index (χ4n) is 5.26. The van der Waals surface area contributed by atoms with Crippen LogP contribution >= 0.6 is 0 Å². The first-order valence-electron chi connectivity index (χ1n) is 14.2. The molecular weight excluding hydrogens is 462 g/mol. The molecule has 0 bridgehead atoms. The number of nitrogens with one attached hydrogen (secondary N) is 3. The summed E-state index contributed by atoms with van der Waals surface area (Å²) in [6.07, 6.45) is 12.3. The van der Waals surface area contributed by atoms with Crippen molar-refractivity contribution in [3.05, 3.63) is 46.6 Å². The molecule has 3 rings (SSSR count). The average molecular weight is 510 g/mol. The highest BCUT2D eigenvalue weighted by Crippen LogP contribution is 2.39. The van der Waals surface area contributed by atoms with E-state index in [-0.39, 0.29) is 11.6 Å². The van der Waals surface area contributed by atoms with Crippen molar-refractivity contribution in [1.29, 1.82) is 0 Å². The van der Waals surface area contributed by atoms with Gasteiger partial charge in [-0.1, -0.05) is 26.0 Å². The zero-order valence-corrected chi connectivity index (χ0v) is 23.5. The lowest BCUT2D eigenvalue weighted by Crippen LogP contribution is -2.28. The van der Waals surface area contributed by atoms with Crippen LogP contribution in [0.15, 0.2) is 35.4 Å². The second kappa shape index (κ2) is 13.4. The van der Waals surface area contributed by atoms with Crippen LogP contribution in [0, 0.1) is 5.92 Å². The van der Waals surface area contributed by atoms with Crippen molar-refractivity contribution >= 4 is 22.9 Å². The van der Waals surface area contributed by atoms with Crippen molar-refractivity contribution in [2.24, 2.45) is 5.92 Å². The van der Waals surface area contributed by atoms with Gasteiger partial charge in [0.15, 0.2) is 11.6 Å². The molecule has 6 heteroatoms. The molecule has 0 saturated carbocycles. The van der Waals surface area contributed by atoms with Gasteiger partial charge in [-0.25, -0.2) is 0 Å². The summed E-state index contributed by atoms with van der Waals surface area (Å²) in [5.41, 5.74) is 3.04. The Morgan fingerprint density at radius 1 is 0.838 bits per heavy atom. The molecule has 0 heterocycles. The Morgan fingerprint density at radius 3 is 1.78 bits per heavy atom. The van der Waals surface area contributed by atoms with Gasteiger partial charge in [0.05, 0.1) is 16.7 Å². The van der Waals surface area contributed by atoms with Gasteiger partial charge in [0.25, 0.3) is 0 Å². The summed E-state index contributed by atoms with van der Waals surface area (Å²) in [7, 11) is 1.98. The van der Waals surface area contributed by atoms with E-state index in [0.717, 1.165) is 82.3 Å². The SMILES string of the molecule is CNC(CCCNc1ccc(NCCCC(C)C)c2c1C(=O)C1=CCCC=C1C2=O)CCCC(C)(C)O. The molecule has 0 aromatic heterocycles. The fourth-order valence-corrected chi connectivity index (χ4v) is 5.26. The smallest absolute Gasteiger partial charge is 0.196 e. The van der Waals surface area contributed by atoms with Crippen molar-refractivity contribution in [2.75, 3.05) is 30.8 Å². The summed E-state index contributed by atoms with van der Waals surface area (Å²) in [6, 6.07) is 4.29. The molecule has 1 aromatic carbocycles. The van der Waals surface area contributed by atoms with E-state index in [4.69, 9.17) is 0 Å². The second-order valence-corrected chi connectivity index (χ2v) is 11.6. The number of benzene rings is 1. The van der Waals surface area contributed by atoms with Crippen molar-refractivity contribution < 1.29 is 14.7 Å². The van der Waals surface area contributed by atoms with Crippen LogP contribution in [-0.4, -0.2) is 48.5 Å². The molecule has 2 aliphatic carbocycles. The molecule has 6 nitrogen and oxygen atoms in total. The summed E-state index contributed by atoms with van der Waals surface area (Å²) in [5, 5.41) is 20.3. The molecule has 0 amide bonds. The van der Waals surface area contributed by atoms with Crippen LogP contribution in [0.4, 0.5) is 11.4 Å². The van der Waals surface area contributed by atoms with Gasteiger partial charge in [-0.05, 0) is 96.7 Å². The minimum Gasteiger partial charge on any atom is -0.390 e. The Kier molecular flexibility index (Phi) is 10.5. The van der Waals surface area contributed by atoms with Gasteiger partial charge >= 0.3 is 0 Å². The zero-order chi connectivity index (χ0) is 27.0. The van der Waals surface area contributed by atoms with Gasteiger partial charge in [-0.3, -0.25) is 9.59 Å². The molecule has 0 aliphatic heterocycles. The molecule has 1 aromatic rings. The summed E-state index contributed by atoms with van der Waals surface area (Å²) < 4.78 is 0. The van der Waals surface area contributed by atoms with Gasteiger partial charge in [0.1, 0.15) is 0 Å². The lowest BCUT2D eigenvalue weighted by atomic mass is 9.78. The number of carbonyl (C=O) groups excluding carboxylic acids is 2. The maximum Gasteiger partial charge on any atom is 0.196 e. The summed E-state index contributed by atoms with van der Waals surface area (Å²) in [4.78, 5) is 27.2. The summed E-state index contributed by atoms with van der Waals surface area (Å²) in [6.45, 7) is 9.63. The molecule has 0 fully saturated rings. The number of hydrogen-bond acceptors (Lipinski definition) is 6. The molecule has 0 spiro atoms. The Morgan fingerprint density at radius 2 is 1.32 bits per heavy atom. The van der Waals surface area contributed by atoms with E-state index < -0.39 is 5.60 Å². The number of allylic oxidation sites excluding steroid dienone is 4. The van der Waals surface area contributed by atoms with E-state index in [1.54, 1.807) is 0 Å². The minimum atomic E-state index is -0.624. The molecule has 0 radical (unpaired) electrons. The number of hydrogen-bond donors (Lipinski definition) is 4. The van der Waals surface area contributed by atoms with Crippen LogP contribution in [-0.2, 0) is 0 Å². The number of rotatable bonds is 15. The van der Waals surface area contributed by atoms with Gasteiger partial charge in [0.2, 0.25) is 0 Å². The highest BCUT2D eigenvalue weighted by molar-refractivity contribution is 6.34. The van der Waals surface area contributed by atoms with Gasteiger partial charge in [0, 0.05) is 41.7 Å².